The van der Waals surface area contributed by atoms with Crippen molar-refractivity contribution >= 4 is 10.9 Å². The largest absolute Gasteiger partial charge is 0.282 e. The van der Waals surface area contributed by atoms with E-state index in [1.54, 1.807) is 12.1 Å². The molecule has 0 aliphatic rings. The minimum atomic E-state index is -0.526. The van der Waals surface area contributed by atoms with E-state index in [1.165, 1.54) is 6.07 Å². The molecule has 64 valence electrons. The van der Waals surface area contributed by atoms with Crippen molar-refractivity contribution in [2.45, 2.75) is 6.92 Å². The molecule has 0 saturated heterocycles. The second-order valence-corrected chi connectivity index (χ2v) is 2.78. The number of nitrogens with one attached hydrogen (secondary N) is 1. The van der Waals surface area contributed by atoms with Gasteiger partial charge in [-0.1, -0.05) is 0 Å². The van der Waals surface area contributed by atoms with Gasteiger partial charge in [0.1, 0.15) is 23.0 Å². The Morgan fingerprint density at radius 3 is 3.00 bits per heavy atom. The van der Waals surface area contributed by atoms with Gasteiger partial charge >= 0.3 is 0 Å². The Morgan fingerprint density at radius 2 is 2.31 bits per heavy atom. The van der Waals surface area contributed by atoms with Gasteiger partial charge in [-0.2, -0.15) is 10.4 Å². The molecule has 1 heterocycles. The number of fused-ring (bicyclic) bond motifs is 1. The molecule has 0 aliphatic heterocycles. The van der Waals surface area contributed by atoms with Crippen molar-refractivity contribution in [1.29, 1.82) is 5.26 Å². The number of aryl methyl sites for hydroxylation is 1. The summed E-state index contributed by atoms with van der Waals surface area (Å²) in [7, 11) is 0. The van der Waals surface area contributed by atoms with Crippen molar-refractivity contribution in [3.05, 3.63) is 29.2 Å². The van der Waals surface area contributed by atoms with Crippen LogP contribution in [0.25, 0.3) is 10.9 Å². The maximum Gasteiger partial charge on any atom is 0.143 e. The number of H-pyrrole nitrogens is 1. The molecular weight excluding hydrogens is 169 g/mol. The fourth-order valence-electron chi connectivity index (χ4n) is 1.29. The highest BCUT2D eigenvalue weighted by molar-refractivity contribution is 5.86. The summed E-state index contributed by atoms with van der Waals surface area (Å²) in [4.78, 5) is 0. The van der Waals surface area contributed by atoms with E-state index in [0.29, 0.717) is 5.52 Å². The molecule has 0 unspecified atom stereocenters. The average Bonchev–Trinajstić information content (AvgIpc) is 2.48. The number of nitrogens with zero attached hydrogens (tertiary/aromatic N) is 2. The number of halogens is 1. The molecule has 1 aromatic carbocycles. The second-order valence-electron chi connectivity index (χ2n) is 2.78. The van der Waals surface area contributed by atoms with Crippen LogP contribution in [-0.4, -0.2) is 10.2 Å². The SMILES string of the molecule is Cc1[nH]nc2c(C#N)c(F)ccc12. The molecule has 0 aliphatic carbocycles. The standard InChI is InChI=1S/C9H6FN3/c1-5-6-2-3-8(10)7(4-11)9(6)13-12-5/h2-3H,1H3,(H,12,13). The van der Waals surface area contributed by atoms with E-state index in [1.807, 2.05) is 6.92 Å². The zero-order valence-electron chi connectivity index (χ0n) is 6.93. The topological polar surface area (TPSA) is 52.5 Å². The van der Waals surface area contributed by atoms with Crippen molar-refractivity contribution in [3.8, 4) is 6.07 Å². The van der Waals surface area contributed by atoms with Crippen LogP contribution in [0.15, 0.2) is 12.1 Å². The minimum Gasteiger partial charge on any atom is -0.282 e. The first-order valence-electron chi connectivity index (χ1n) is 3.77. The third-order valence-electron chi connectivity index (χ3n) is 1.98. The van der Waals surface area contributed by atoms with E-state index in [-0.39, 0.29) is 5.56 Å². The Labute approximate surface area is 73.8 Å². The number of rotatable bonds is 0. The van der Waals surface area contributed by atoms with Gasteiger partial charge < -0.3 is 0 Å². The predicted octanol–water partition coefficient (Wildman–Crippen LogP) is 1.88. The highest BCUT2D eigenvalue weighted by atomic mass is 19.1. The highest BCUT2D eigenvalue weighted by Gasteiger charge is 2.10. The van der Waals surface area contributed by atoms with Gasteiger partial charge in [0, 0.05) is 11.1 Å². The Bertz CT molecular complexity index is 507. The molecule has 0 atom stereocenters. The van der Waals surface area contributed by atoms with Crippen LogP contribution in [0.3, 0.4) is 0 Å². The maximum atomic E-state index is 13.1. The Kier molecular flexibility index (Phi) is 1.52. The fraction of sp³-hybridized carbons (Fsp3) is 0.111. The molecule has 1 N–H and O–H groups in total. The van der Waals surface area contributed by atoms with E-state index in [9.17, 15) is 4.39 Å². The van der Waals surface area contributed by atoms with Gasteiger partial charge in [0.25, 0.3) is 0 Å². The van der Waals surface area contributed by atoms with Crippen LogP contribution in [0.4, 0.5) is 4.39 Å². The summed E-state index contributed by atoms with van der Waals surface area (Å²) in [6.45, 7) is 1.83. The minimum absolute atomic E-state index is 0.00171. The Hall–Kier alpha value is -1.89. The first-order valence-corrected chi connectivity index (χ1v) is 3.77. The summed E-state index contributed by atoms with van der Waals surface area (Å²) in [6, 6.07) is 4.69. The summed E-state index contributed by atoms with van der Waals surface area (Å²) < 4.78 is 13.1. The molecule has 0 radical (unpaired) electrons. The second kappa shape index (κ2) is 2.56. The fourth-order valence-corrected chi connectivity index (χ4v) is 1.29. The van der Waals surface area contributed by atoms with Crippen LogP contribution in [0.2, 0.25) is 0 Å². The average molecular weight is 175 g/mol. The van der Waals surface area contributed by atoms with E-state index in [4.69, 9.17) is 5.26 Å². The quantitative estimate of drug-likeness (QED) is 0.664. The smallest absolute Gasteiger partial charge is 0.143 e. The summed E-state index contributed by atoms with van der Waals surface area (Å²) in [5, 5.41) is 16.0. The van der Waals surface area contributed by atoms with Crippen molar-refractivity contribution in [2.24, 2.45) is 0 Å². The van der Waals surface area contributed by atoms with Crippen molar-refractivity contribution < 1.29 is 4.39 Å². The summed E-state index contributed by atoms with van der Waals surface area (Å²) in [5.74, 6) is -0.526. The predicted molar refractivity (Wildman–Crippen MR) is 45.5 cm³/mol. The lowest BCUT2D eigenvalue weighted by Gasteiger charge is -1.93. The zero-order valence-corrected chi connectivity index (χ0v) is 6.93. The number of aromatic amines is 1. The Balaban J connectivity index is 2.95. The van der Waals surface area contributed by atoms with Crippen molar-refractivity contribution in [1.82, 2.24) is 10.2 Å². The molecule has 0 amide bonds. The normalized spacial score (nSPS) is 10.2. The van der Waals surface area contributed by atoms with Crippen LogP contribution in [0.5, 0.6) is 0 Å². The molecular formula is C9H6FN3. The molecule has 0 fully saturated rings. The van der Waals surface area contributed by atoms with E-state index >= 15 is 0 Å². The van der Waals surface area contributed by atoms with Crippen molar-refractivity contribution in [2.75, 3.05) is 0 Å². The van der Waals surface area contributed by atoms with Crippen LogP contribution in [0.1, 0.15) is 11.3 Å². The van der Waals surface area contributed by atoms with E-state index in [0.717, 1.165) is 11.1 Å². The van der Waals surface area contributed by atoms with Gasteiger partial charge in [-0.3, -0.25) is 5.10 Å². The number of benzene rings is 1. The molecule has 13 heavy (non-hydrogen) atoms. The monoisotopic (exact) mass is 175 g/mol. The number of aromatic nitrogens is 2. The molecule has 4 heteroatoms. The van der Waals surface area contributed by atoms with E-state index < -0.39 is 5.82 Å². The molecule has 3 nitrogen and oxygen atoms in total. The Morgan fingerprint density at radius 1 is 1.54 bits per heavy atom. The van der Waals surface area contributed by atoms with Crippen LogP contribution in [-0.2, 0) is 0 Å². The van der Waals surface area contributed by atoms with E-state index in [2.05, 4.69) is 10.2 Å². The molecule has 2 rings (SSSR count). The van der Waals surface area contributed by atoms with Gasteiger partial charge in [-0.15, -0.1) is 0 Å². The molecule has 2 aromatic rings. The lowest BCUT2D eigenvalue weighted by molar-refractivity contribution is 0.625. The third kappa shape index (κ3) is 0.975. The summed E-state index contributed by atoms with van der Waals surface area (Å²) in [6.07, 6.45) is 0. The maximum absolute atomic E-state index is 13.1. The van der Waals surface area contributed by atoms with Gasteiger partial charge in [0.05, 0.1) is 0 Å². The van der Waals surface area contributed by atoms with Gasteiger partial charge in [0.2, 0.25) is 0 Å². The van der Waals surface area contributed by atoms with Gasteiger partial charge in [0.15, 0.2) is 0 Å². The third-order valence-corrected chi connectivity index (χ3v) is 1.98. The number of hydrogen-bond acceptors (Lipinski definition) is 2. The van der Waals surface area contributed by atoms with Gasteiger partial charge in [-0.05, 0) is 19.1 Å². The summed E-state index contributed by atoms with van der Waals surface area (Å²) in [5.41, 5.74) is 1.24. The molecule has 0 spiro atoms. The molecule has 0 saturated carbocycles. The molecule has 1 aromatic heterocycles. The molecule has 0 bridgehead atoms. The van der Waals surface area contributed by atoms with Crippen LogP contribution in [0, 0.1) is 24.1 Å². The summed E-state index contributed by atoms with van der Waals surface area (Å²) >= 11 is 0. The number of nitriles is 1. The number of hydrogen-bond donors (Lipinski definition) is 1. The van der Waals surface area contributed by atoms with Crippen LogP contribution < -0.4 is 0 Å². The lowest BCUT2D eigenvalue weighted by atomic mass is 10.1. The highest BCUT2D eigenvalue weighted by Crippen LogP contribution is 2.20. The first kappa shape index (κ1) is 7.74. The zero-order chi connectivity index (χ0) is 9.42. The van der Waals surface area contributed by atoms with Gasteiger partial charge in [-0.25, -0.2) is 4.39 Å². The lowest BCUT2D eigenvalue weighted by Crippen LogP contribution is -1.84. The van der Waals surface area contributed by atoms with Crippen LogP contribution >= 0.6 is 0 Å². The first-order chi connectivity index (χ1) is 6.24. The van der Waals surface area contributed by atoms with Crippen molar-refractivity contribution in [3.63, 3.8) is 0 Å².